The standard InChI is InChI=1S/C36H22/c1-2-9-26-23(8-1)16-20-33-27-19-17-25(22-24(27)18-21-32(26)33)28-14-7-15-35-31-11-4-3-10-29(31)30-12-5-6-13-34(30)36(28)35/h1-22H. The van der Waals surface area contributed by atoms with E-state index >= 15 is 0 Å². The zero-order chi connectivity index (χ0) is 23.6. The molecule has 0 heterocycles. The second-order valence-corrected chi connectivity index (χ2v) is 9.70. The van der Waals surface area contributed by atoms with E-state index in [-0.39, 0.29) is 0 Å². The number of rotatable bonds is 1. The van der Waals surface area contributed by atoms with Crippen LogP contribution in [0.25, 0.3) is 75.8 Å². The highest BCUT2D eigenvalue weighted by Crippen LogP contribution is 2.41. The normalized spacial score (nSPS) is 11.9. The molecule has 0 saturated heterocycles. The molecule has 166 valence electrons. The lowest BCUT2D eigenvalue weighted by Gasteiger charge is -2.15. The summed E-state index contributed by atoms with van der Waals surface area (Å²) in [5.41, 5.74) is 2.55. The molecule has 0 atom stereocenters. The van der Waals surface area contributed by atoms with E-state index in [1.807, 2.05) is 0 Å². The smallest absolute Gasteiger partial charge is 0.00204 e. The minimum atomic E-state index is 1.26. The predicted octanol–water partition coefficient (Wildman–Crippen LogP) is 10.3. The topological polar surface area (TPSA) is 0 Å². The quantitative estimate of drug-likeness (QED) is 0.216. The van der Waals surface area contributed by atoms with Crippen molar-refractivity contribution in [3.05, 3.63) is 133 Å². The van der Waals surface area contributed by atoms with Gasteiger partial charge in [-0.15, -0.1) is 0 Å². The largest absolute Gasteiger partial charge is 0.0616 e. The van der Waals surface area contributed by atoms with Crippen LogP contribution < -0.4 is 0 Å². The number of benzene rings is 8. The van der Waals surface area contributed by atoms with Gasteiger partial charge < -0.3 is 0 Å². The molecule has 0 aliphatic rings. The van der Waals surface area contributed by atoms with E-state index in [0.717, 1.165) is 0 Å². The summed E-state index contributed by atoms with van der Waals surface area (Å²) in [5.74, 6) is 0. The Kier molecular flexibility index (Phi) is 4.03. The van der Waals surface area contributed by atoms with Crippen molar-refractivity contribution in [1.29, 1.82) is 0 Å². The molecule has 0 amide bonds. The molecule has 0 fully saturated rings. The summed E-state index contributed by atoms with van der Waals surface area (Å²) in [6, 6.07) is 49.1. The van der Waals surface area contributed by atoms with Gasteiger partial charge in [-0.1, -0.05) is 127 Å². The fraction of sp³-hybridized carbons (Fsp3) is 0. The maximum atomic E-state index is 2.36. The van der Waals surface area contributed by atoms with Gasteiger partial charge in [-0.05, 0) is 81.8 Å². The van der Waals surface area contributed by atoms with E-state index in [2.05, 4.69) is 133 Å². The van der Waals surface area contributed by atoms with Gasteiger partial charge in [-0.3, -0.25) is 0 Å². The highest BCUT2D eigenvalue weighted by Gasteiger charge is 2.13. The summed E-state index contributed by atoms with van der Waals surface area (Å²) in [6.45, 7) is 0. The fourth-order valence-electron chi connectivity index (χ4n) is 6.19. The van der Waals surface area contributed by atoms with Crippen molar-refractivity contribution in [2.24, 2.45) is 0 Å². The Morgan fingerprint density at radius 3 is 1.47 bits per heavy atom. The van der Waals surface area contributed by atoms with Crippen LogP contribution in [0.2, 0.25) is 0 Å². The molecule has 0 aliphatic heterocycles. The average molecular weight is 455 g/mol. The van der Waals surface area contributed by atoms with Crippen LogP contribution in [0.1, 0.15) is 0 Å². The first kappa shape index (κ1) is 19.6. The van der Waals surface area contributed by atoms with Crippen molar-refractivity contribution in [1.82, 2.24) is 0 Å². The van der Waals surface area contributed by atoms with Crippen LogP contribution in [-0.2, 0) is 0 Å². The third kappa shape index (κ3) is 2.70. The average Bonchev–Trinajstić information content (AvgIpc) is 2.96. The lowest BCUT2D eigenvalue weighted by atomic mass is 9.88. The molecule has 0 spiro atoms. The van der Waals surface area contributed by atoms with E-state index in [4.69, 9.17) is 0 Å². The third-order valence-corrected chi connectivity index (χ3v) is 7.82. The lowest BCUT2D eigenvalue weighted by molar-refractivity contribution is 1.71. The van der Waals surface area contributed by atoms with Gasteiger partial charge in [-0.25, -0.2) is 0 Å². The number of hydrogen-bond acceptors (Lipinski definition) is 0. The van der Waals surface area contributed by atoms with Crippen LogP contribution in [-0.4, -0.2) is 0 Å². The molecule has 0 aromatic heterocycles. The van der Waals surface area contributed by atoms with Gasteiger partial charge in [0.25, 0.3) is 0 Å². The molecule has 0 unspecified atom stereocenters. The van der Waals surface area contributed by atoms with Crippen molar-refractivity contribution in [2.45, 2.75) is 0 Å². The van der Waals surface area contributed by atoms with Crippen LogP contribution in [0.5, 0.6) is 0 Å². The molecular weight excluding hydrogens is 432 g/mol. The van der Waals surface area contributed by atoms with E-state index in [1.54, 1.807) is 0 Å². The molecule has 36 heavy (non-hydrogen) atoms. The summed E-state index contributed by atoms with van der Waals surface area (Å²) in [4.78, 5) is 0. The SMILES string of the molecule is c1ccc2c(c1)ccc1c3ccc(-c4cccc5c6ccccc6c6ccccc6c45)cc3ccc21. The van der Waals surface area contributed by atoms with Gasteiger partial charge >= 0.3 is 0 Å². The molecular formula is C36H22. The van der Waals surface area contributed by atoms with Crippen LogP contribution in [0.15, 0.2) is 133 Å². The monoisotopic (exact) mass is 454 g/mol. The van der Waals surface area contributed by atoms with Gasteiger partial charge in [-0.2, -0.15) is 0 Å². The number of hydrogen-bond donors (Lipinski definition) is 0. The molecule has 8 aromatic rings. The summed E-state index contributed by atoms with van der Waals surface area (Å²) in [6.07, 6.45) is 0. The summed E-state index contributed by atoms with van der Waals surface area (Å²) >= 11 is 0. The van der Waals surface area contributed by atoms with Crippen LogP contribution in [0.3, 0.4) is 0 Å². The molecule has 0 N–H and O–H groups in total. The van der Waals surface area contributed by atoms with Crippen molar-refractivity contribution < 1.29 is 0 Å². The molecule has 0 aliphatic carbocycles. The van der Waals surface area contributed by atoms with Gasteiger partial charge in [0.05, 0.1) is 0 Å². The molecule has 0 bridgehead atoms. The summed E-state index contributed by atoms with van der Waals surface area (Å²) in [5, 5.41) is 15.7. The molecule has 8 aromatic carbocycles. The second kappa shape index (κ2) is 7.41. The second-order valence-electron chi connectivity index (χ2n) is 9.70. The van der Waals surface area contributed by atoms with Gasteiger partial charge in [0, 0.05) is 0 Å². The van der Waals surface area contributed by atoms with Crippen molar-refractivity contribution in [3.63, 3.8) is 0 Å². The zero-order valence-corrected chi connectivity index (χ0v) is 19.7. The highest BCUT2D eigenvalue weighted by molar-refractivity contribution is 6.28. The number of fused-ring (bicyclic) bond motifs is 11. The van der Waals surface area contributed by atoms with E-state index < -0.39 is 0 Å². The highest BCUT2D eigenvalue weighted by atomic mass is 14.2. The third-order valence-electron chi connectivity index (χ3n) is 7.82. The Morgan fingerprint density at radius 2 is 0.750 bits per heavy atom. The van der Waals surface area contributed by atoms with Crippen molar-refractivity contribution in [2.75, 3.05) is 0 Å². The molecule has 0 heteroatoms. The van der Waals surface area contributed by atoms with Crippen molar-refractivity contribution >= 4 is 64.6 Å². The van der Waals surface area contributed by atoms with Gasteiger partial charge in [0.15, 0.2) is 0 Å². The maximum absolute atomic E-state index is 2.36. The van der Waals surface area contributed by atoms with E-state index in [0.29, 0.717) is 0 Å². The maximum Gasteiger partial charge on any atom is -0.00204 e. The first-order chi connectivity index (χ1) is 17.9. The Morgan fingerprint density at radius 1 is 0.278 bits per heavy atom. The Bertz CT molecular complexity index is 2100. The Labute approximate surface area is 209 Å². The van der Waals surface area contributed by atoms with E-state index in [9.17, 15) is 0 Å². The molecule has 0 radical (unpaired) electrons. The van der Waals surface area contributed by atoms with Gasteiger partial charge in [0.2, 0.25) is 0 Å². The minimum absolute atomic E-state index is 1.26. The fourth-order valence-corrected chi connectivity index (χ4v) is 6.19. The van der Waals surface area contributed by atoms with Crippen LogP contribution in [0.4, 0.5) is 0 Å². The van der Waals surface area contributed by atoms with Crippen LogP contribution in [0, 0.1) is 0 Å². The Balaban J connectivity index is 1.44. The summed E-state index contributed by atoms with van der Waals surface area (Å²) < 4.78 is 0. The van der Waals surface area contributed by atoms with Crippen molar-refractivity contribution in [3.8, 4) is 11.1 Å². The molecule has 0 nitrogen and oxygen atoms in total. The molecule has 8 rings (SSSR count). The minimum Gasteiger partial charge on any atom is -0.0616 e. The zero-order valence-electron chi connectivity index (χ0n) is 19.7. The van der Waals surface area contributed by atoms with Crippen LogP contribution >= 0.6 is 0 Å². The first-order valence-corrected chi connectivity index (χ1v) is 12.5. The van der Waals surface area contributed by atoms with Gasteiger partial charge in [0.1, 0.15) is 0 Å². The lowest BCUT2D eigenvalue weighted by Crippen LogP contribution is -1.87. The van der Waals surface area contributed by atoms with E-state index in [1.165, 1.54) is 75.8 Å². The Hall–Kier alpha value is -4.68. The molecule has 0 saturated carbocycles. The summed E-state index contributed by atoms with van der Waals surface area (Å²) in [7, 11) is 0. The predicted molar refractivity (Wildman–Crippen MR) is 157 cm³/mol. The first-order valence-electron chi connectivity index (χ1n) is 12.5.